The molecule has 1 amide bonds. The molecule has 4 aliphatic carbocycles. The van der Waals surface area contributed by atoms with Crippen LogP contribution in [0.2, 0.25) is 0 Å². The van der Waals surface area contributed by atoms with E-state index in [9.17, 15) is 18.3 Å². The lowest BCUT2D eigenvalue weighted by Crippen LogP contribution is -2.57. The van der Waals surface area contributed by atoms with Gasteiger partial charge in [-0.2, -0.15) is 0 Å². The highest BCUT2D eigenvalue weighted by atomic mass is 32.2. The standard InChI is InChI=1S/C27H47NO4S/c1-18(8-11-24(30)28-15-16-33(4,31)32)20-9-10-21-25-22(12-14-27(20,21)3)26(2)13-6-5-7-19(26)17-23(25)29/h18-23,25,29H,5-17H2,1-4H3,(H,28,30)/t18?,19-,20?,21?,22-,23+,25-,26-,27+/m0/s1/i23D. The monoisotopic (exact) mass is 482 g/mol. The van der Waals surface area contributed by atoms with Crippen LogP contribution >= 0.6 is 0 Å². The molecule has 0 heterocycles. The Kier molecular flexibility index (Phi) is 6.89. The summed E-state index contributed by atoms with van der Waals surface area (Å²) >= 11 is 0. The predicted molar refractivity (Wildman–Crippen MR) is 132 cm³/mol. The molecule has 6 heteroatoms. The summed E-state index contributed by atoms with van der Waals surface area (Å²) in [6, 6.07) is 0. The zero-order valence-corrected chi connectivity index (χ0v) is 22.1. The minimum Gasteiger partial charge on any atom is -0.393 e. The van der Waals surface area contributed by atoms with Crippen molar-refractivity contribution in [3.8, 4) is 0 Å². The van der Waals surface area contributed by atoms with Crippen LogP contribution in [-0.2, 0) is 14.6 Å². The molecule has 190 valence electrons. The van der Waals surface area contributed by atoms with Crippen LogP contribution in [0.1, 0.15) is 92.8 Å². The third kappa shape index (κ3) is 4.90. The quantitative estimate of drug-likeness (QED) is 0.556. The fraction of sp³-hybridized carbons (Fsp3) is 0.963. The number of aliphatic hydroxyl groups is 1. The zero-order chi connectivity index (χ0) is 24.9. The maximum absolute atomic E-state index is 12.3. The van der Waals surface area contributed by atoms with Crippen LogP contribution in [0, 0.1) is 46.3 Å². The fourth-order valence-electron chi connectivity index (χ4n) is 8.99. The highest BCUT2D eigenvalue weighted by Crippen LogP contribution is 2.68. The van der Waals surface area contributed by atoms with Gasteiger partial charge in [0.15, 0.2) is 0 Å². The molecule has 4 rings (SSSR count). The second kappa shape index (κ2) is 9.44. The van der Waals surface area contributed by atoms with Crippen molar-refractivity contribution in [3.63, 3.8) is 0 Å². The molecule has 0 spiro atoms. The smallest absolute Gasteiger partial charge is 0.220 e. The van der Waals surface area contributed by atoms with Gasteiger partial charge in [0.05, 0.1) is 13.2 Å². The van der Waals surface area contributed by atoms with Crippen LogP contribution in [0.5, 0.6) is 0 Å². The van der Waals surface area contributed by atoms with E-state index < -0.39 is 15.9 Å². The zero-order valence-electron chi connectivity index (χ0n) is 22.2. The molecule has 3 unspecified atom stereocenters. The van der Waals surface area contributed by atoms with Crippen LogP contribution in [0.4, 0.5) is 0 Å². The van der Waals surface area contributed by atoms with Gasteiger partial charge in [0.1, 0.15) is 9.84 Å². The van der Waals surface area contributed by atoms with Gasteiger partial charge in [-0.15, -0.1) is 0 Å². The number of nitrogens with one attached hydrogen (secondary N) is 1. The number of rotatable bonds is 7. The first-order chi connectivity index (χ1) is 15.8. The lowest BCUT2D eigenvalue weighted by atomic mass is 9.44. The van der Waals surface area contributed by atoms with Gasteiger partial charge in [-0.1, -0.05) is 33.6 Å². The Bertz CT molecular complexity index is 876. The number of hydrogen-bond donors (Lipinski definition) is 2. The average molecular weight is 483 g/mol. The van der Waals surface area contributed by atoms with Crippen molar-refractivity contribution in [2.45, 2.75) is 97.5 Å². The van der Waals surface area contributed by atoms with Crippen LogP contribution < -0.4 is 5.32 Å². The molecule has 0 saturated heterocycles. The maximum Gasteiger partial charge on any atom is 0.220 e. The lowest BCUT2D eigenvalue weighted by molar-refractivity contribution is -0.164. The van der Waals surface area contributed by atoms with Gasteiger partial charge >= 0.3 is 0 Å². The summed E-state index contributed by atoms with van der Waals surface area (Å²) in [5.74, 6) is 2.24. The molecule has 0 bridgehead atoms. The minimum atomic E-state index is -3.07. The van der Waals surface area contributed by atoms with Gasteiger partial charge in [0.25, 0.3) is 0 Å². The number of sulfone groups is 1. The van der Waals surface area contributed by atoms with Crippen molar-refractivity contribution in [1.29, 1.82) is 0 Å². The molecule has 4 saturated carbocycles. The topological polar surface area (TPSA) is 83.5 Å². The number of carbonyl (C=O) groups is 1. The van der Waals surface area contributed by atoms with Crippen LogP contribution in [-0.4, -0.2) is 44.1 Å². The summed E-state index contributed by atoms with van der Waals surface area (Å²) in [5, 5.41) is 14.2. The van der Waals surface area contributed by atoms with E-state index >= 15 is 0 Å². The summed E-state index contributed by atoms with van der Waals surface area (Å²) in [4.78, 5) is 12.3. The second-order valence-corrected chi connectivity index (χ2v) is 14.9. The summed E-state index contributed by atoms with van der Waals surface area (Å²) in [6.45, 7) is 7.34. The van der Waals surface area contributed by atoms with Crippen molar-refractivity contribution in [1.82, 2.24) is 5.32 Å². The lowest BCUT2D eigenvalue weighted by Gasteiger charge is -2.62. The number of fused-ring (bicyclic) bond motifs is 5. The number of amides is 1. The van der Waals surface area contributed by atoms with E-state index in [1.165, 1.54) is 38.4 Å². The highest BCUT2D eigenvalue weighted by molar-refractivity contribution is 7.90. The van der Waals surface area contributed by atoms with Crippen molar-refractivity contribution in [2.75, 3.05) is 18.6 Å². The molecule has 4 fully saturated rings. The van der Waals surface area contributed by atoms with Crippen molar-refractivity contribution < 1.29 is 19.7 Å². The maximum atomic E-state index is 12.3. The van der Waals surface area contributed by atoms with E-state index in [2.05, 4.69) is 26.1 Å². The molecule has 0 aromatic rings. The molecule has 33 heavy (non-hydrogen) atoms. The summed E-state index contributed by atoms with van der Waals surface area (Å²) in [7, 11) is -3.07. The third-order valence-electron chi connectivity index (χ3n) is 10.8. The first-order valence-corrected chi connectivity index (χ1v) is 15.5. The molecule has 0 aromatic heterocycles. The van der Waals surface area contributed by atoms with Gasteiger partial charge in [0, 0.05) is 19.2 Å². The van der Waals surface area contributed by atoms with E-state index in [-0.39, 0.29) is 35.0 Å². The molecule has 2 N–H and O–H groups in total. The predicted octanol–water partition coefficient (Wildman–Crippen LogP) is 4.58. The van der Waals surface area contributed by atoms with Gasteiger partial charge < -0.3 is 10.4 Å². The molecular weight excluding hydrogens is 434 g/mol. The minimum absolute atomic E-state index is 0.0188. The van der Waals surface area contributed by atoms with Gasteiger partial charge in [-0.3, -0.25) is 4.79 Å². The first-order valence-electron chi connectivity index (χ1n) is 13.9. The molecule has 0 radical (unpaired) electrons. The Morgan fingerprint density at radius 3 is 2.58 bits per heavy atom. The Labute approximate surface area is 203 Å². The van der Waals surface area contributed by atoms with Crippen LogP contribution in [0.15, 0.2) is 0 Å². The van der Waals surface area contributed by atoms with E-state index in [0.717, 1.165) is 25.7 Å². The van der Waals surface area contributed by atoms with E-state index in [1.807, 2.05) is 0 Å². The first kappa shape index (κ1) is 24.1. The van der Waals surface area contributed by atoms with E-state index in [4.69, 9.17) is 1.37 Å². The summed E-state index contributed by atoms with van der Waals surface area (Å²) < 4.78 is 31.6. The Balaban J connectivity index is 1.42. The molecule has 0 aromatic carbocycles. The molecule has 5 nitrogen and oxygen atoms in total. The molecular formula is C27H47NO4S. The second-order valence-electron chi connectivity index (χ2n) is 12.6. The summed E-state index contributed by atoms with van der Waals surface area (Å²) in [6.07, 6.45) is 11.2. The largest absolute Gasteiger partial charge is 0.393 e. The summed E-state index contributed by atoms with van der Waals surface area (Å²) in [5.41, 5.74) is 0.408. The Morgan fingerprint density at radius 1 is 1.12 bits per heavy atom. The number of carbonyl (C=O) groups excluding carboxylic acids is 1. The number of hydrogen-bond acceptors (Lipinski definition) is 4. The fourth-order valence-corrected chi connectivity index (χ4v) is 9.46. The average Bonchev–Trinajstić information content (AvgIpc) is 3.08. The molecule has 4 aliphatic rings. The molecule has 9 atom stereocenters. The Morgan fingerprint density at radius 2 is 1.85 bits per heavy atom. The Hall–Kier alpha value is -0.620. The third-order valence-corrected chi connectivity index (χ3v) is 11.7. The SMILES string of the molecule is [2H][C@@]1(O)C[C@@H]2CCCC[C@]2(C)[C@H]2CC[C@]3(C)C(C(C)CCC(=O)NCCS(C)(=O)=O)CCC3[C@@H]21. The van der Waals surface area contributed by atoms with E-state index in [1.54, 1.807) is 0 Å². The van der Waals surface area contributed by atoms with Crippen molar-refractivity contribution >= 4 is 15.7 Å². The van der Waals surface area contributed by atoms with E-state index in [0.29, 0.717) is 42.4 Å². The normalized spacial score (nSPS) is 46.5. The molecule has 0 aliphatic heterocycles. The van der Waals surface area contributed by atoms with Gasteiger partial charge in [-0.25, -0.2) is 8.42 Å². The van der Waals surface area contributed by atoms with Crippen molar-refractivity contribution in [3.05, 3.63) is 0 Å². The van der Waals surface area contributed by atoms with Crippen molar-refractivity contribution in [2.24, 2.45) is 46.3 Å². The highest BCUT2D eigenvalue weighted by Gasteiger charge is 2.62. The van der Waals surface area contributed by atoms with Gasteiger partial charge in [-0.05, 0) is 97.7 Å². The van der Waals surface area contributed by atoms with Crippen LogP contribution in [0.25, 0.3) is 0 Å². The van der Waals surface area contributed by atoms with Crippen LogP contribution in [0.3, 0.4) is 0 Å². The van der Waals surface area contributed by atoms with Gasteiger partial charge in [0.2, 0.25) is 5.91 Å².